The van der Waals surface area contributed by atoms with Gasteiger partial charge in [0.25, 0.3) is 5.91 Å². The Morgan fingerprint density at radius 3 is 2.20 bits per heavy atom. The van der Waals surface area contributed by atoms with E-state index < -0.39 is 0 Å². The molecule has 3 aromatic rings. The topological polar surface area (TPSA) is 88.6 Å². The predicted octanol–water partition coefficient (Wildman–Crippen LogP) is 3.86. The van der Waals surface area contributed by atoms with Gasteiger partial charge in [-0.1, -0.05) is 0 Å². The van der Waals surface area contributed by atoms with Gasteiger partial charge in [-0.15, -0.1) is 0 Å². The number of nitrogens with zero attached hydrogens (tertiary/aromatic N) is 3. The van der Waals surface area contributed by atoms with Crippen LogP contribution in [0.5, 0.6) is 11.5 Å². The lowest BCUT2D eigenvalue weighted by Gasteiger charge is -2.14. The second-order valence-electron chi connectivity index (χ2n) is 6.81. The molecule has 2 aromatic carbocycles. The summed E-state index contributed by atoms with van der Waals surface area (Å²) in [6.45, 7) is 1.92. The highest BCUT2D eigenvalue weighted by atomic mass is 16.5. The van der Waals surface area contributed by atoms with Crippen molar-refractivity contribution in [3.05, 3.63) is 59.8 Å². The van der Waals surface area contributed by atoms with Crippen LogP contribution in [0.3, 0.4) is 0 Å². The summed E-state index contributed by atoms with van der Waals surface area (Å²) in [5, 5.41) is 6.06. The predicted molar refractivity (Wildman–Crippen MR) is 118 cm³/mol. The maximum Gasteiger partial charge on any atom is 0.255 e. The molecular formula is C22H25N5O3. The number of anilines is 4. The molecule has 0 saturated heterocycles. The second kappa shape index (κ2) is 9.13. The molecule has 8 nitrogen and oxygen atoms in total. The number of hydrogen-bond donors (Lipinski definition) is 2. The van der Waals surface area contributed by atoms with Crippen molar-refractivity contribution < 1.29 is 14.3 Å². The van der Waals surface area contributed by atoms with Gasteiger partial charge >= 0.3 is 0 Å². The maximum atomic E-state index is 12.5. The first-order valence-electron chi connectivity index (χ1n) is 9.33. The molecule has 0 spiro atoms. The first kappa shape index (κ1) is 20.9. The largest absolute Gasteiger partial charge is 0.493 e. The fourth-order valence-corrected chi connectivity index (χ4v) is 2.78. The molecule has 0 fully saturated rings. The maximum absolute atomic E-state index is 12.5. The quantitative estimate of drug-likeness (QED) is 0.615. The van der Waals surface area contributed by atoms with Crippen molar-refractivity contribution in [2.75, 3.05) is 43.8 Å². The minimum absolute atomic E-state index is 0.241. The first-order chi connectivity index (χ1) is 14.4. The number of hydrogen-bond acceptors (Lipinski definition) is 7. The molecule has 0 radical (unpaired) electrons. The van der Waals surface area contributed by atoms with Crippen LogP contribution in [0.4, 0.5) is 23.1 Å². The first-order valence-corrected chi connectivity index (χ1v) is 9.33. The van der Waals surface area contributed by atoms with Crippen molar-refractivity contribution in [1.29, 1.82) is 0 Å². The summed E-state index contributed by atoms with van der Waals surface area (Å²) in [4.78, 5) is 23.4. The van der Waals surface area contributed by atoms with Crippen molar-refractivity contribution in [1.82, 2.24) is 9.97 Å². The standard InChI is InChI=1S/C22H25N5O3/c1-14-12-20(27(2)3)26-22(23-14)25-17-9-7-16(8-10-17)24-21(28)15-6-11-18(29-4)19(13-15)30-5/h6-13H,1-5H3,(H,24,28)(H,23,25,26). The Kier molecular flexibility index (Phi) is 6.36. The Morgan fingerprint density at radius 1 is 0.900 bits per heavy atom. The molecule has 30 heavy (non-hydrogen) atoms. The molecule has 0 saturated carbocycles. The number of carbonyl (C=O) groups is 1. The minimum Gasteiger partial charge on any atom is -0.493 e. The van der Waals surface area contributed by atoms with Gasteiger partial charge < -0.3 is 25.0 Å². The molecule has 0 bridgehead atoms. The lowest BCUT2D eigenvalue weighted by atomic mass is 10.1. The van der Waals surface area contributed by atoms with Crippen LogP contribution in [-0.2, 0) is 0 Å². The minimum atomic E-state index is -0.241. The Bertz CT molecular complexity index is 1040. The van der Waals surface area contributed by atoms with Crippen molar-refractivity contribution in [3.63, 3.8) is 0 Å². The number of ether oxygens (including phenoxy) is 2. The van der Waals surface area contributed by atoms with E-state index in [1.54, 1.807) is 25.3 Å². The summed E-state index contributed by atoms with van der Waals surface area (Å²) in [5.41, 5.74) is 2.82. The third-order valence-electron chi connectivity index (χ3n) is 4.34. The average molecular weight is 407 g/mol. The molecule has 3 rings (SSSR count). The van der Waals surface area contributed by atoms with Gasteiger partial charge in [-0.25, -0.2) is 4.98 Å². The lowest BCUT2D eigenvalue weighted by Crippen LogP contribution is -2.13. The zero-order valence-electron chi connectivity index (χ0n) is 17.7. The van der Waals surface area contributed by atoms with Crippen molar-refractivity contribution in [3.8, 4) is 11.5 Å². The highest BCUT2D eigenvalue weighted by Gasteiger charge is 2.11. The van der Waals surface area contributed by atoms with Crippen LogP contribution in [0, 0.1) is 6.92 Å². The van der Waals surface area contributed by atoms with E-state index in [1.165, 1.54) is 7.11 Å². The van der Waals surface area contributed by atoms with Gasteiger partial charge in [-0.2, -0.15) is 4.98 Å². The van der Waals surface area contributed by atoms with Gasteiger partial charge in [-0.05, 0) is 49.4 Å². The van der Waals surface area contributed by atoms with Gasteiger partial charge in [0.05, 0.1) is 14.2 Å². The van der Waals surface area contributed by atoms with Crippen LogP contribution in [0.25, 0.3) is 0 Å². The van der Waals surface area contributed by atoms with Crippen molar-refractivity contribution >= 4 is 29.0 Å². The molecule has 1 heterocycles. The number of benzene rings is 2. The molecular weight excluding hydrogens is 382 g/mol. The van der Waals surface area contributed by atoms with Gasteiger partial charge in [0.2, 0.25) is 5.95 Å². The number of aryl methyl sites for hydroxylation is 1. The fourth-order valence-electron chi connectivity index (χ4n) is 2.78. The summed E-state index contributed by atoms with van der Waals surface area (Å²) in [6, 6.07) is 14.3. The molecule has 0 atom stereocenters. The Morgan fingerprint density at radius 2 is 1.57 bits per heavy atom. The number of aromatic nitrogens is 2. The normalized spacial score (nSPS) is 10.3. The van der Waals surface area contributed by atoms with E-state index in [2.05, 4.69) is 20.6 Å². The Balaban J connectivity index is 1.70. The summed E-state index contributed by atoms with van der Waals surface area (Å²) >= 11 is 0. The van der Waals surface area contributed by atoms with Crippen LogP contribution in [0.15, 0.2) is 48.5 Å². The highest BCUT2D eigenvalue weighted by molar-refractivity contribution is 6.04. The SMILES string of the molecule is COc1ccc(C(=O)Nc2ccc(Nc3nc(C)cc(N(C)C)n3)cc2)cc1OC. The highest BCUT2D eigenvalue weighted by Crippen LogP contribution is 2.28. The summed E-state index contributed by atoms with van der Waals surface area (Å²) in [5.74, 6) is 2.17. The van der Waals surface area contributed by atoms with E-state index >= 15 is 0 Å². The lowest BCUT2D eigenvalue weighted by molar-refractivity contribution is 0.102. The number of rotatable bonds is 7. The molecule has 0 aliphatic carbocycles. The summed E-state index contributed by atoms with van der Waals surface area (Å²) < 4.78 is 10.5. The molecule has 8 heteroatoms. The molecule has 2 N–H and O–H groups in total. The summed E-state index contributed by atoms with van der Waals surface area (Å²) in [6.07, 6.45) is 0. The Hall–Kier alpha value is -3.81. The fraction of sp³-hybridized carbons (Fsp3) is 0.227. The van der Waals surface area contributed by atoms with E-state index in [0.717, 1.165) is 17.2 Å². The van der Waals surface area contributed by atoms with Crippen LogP contribution in [-0.4, -0.2) is 44.2 Å². The van der Waals surface area contributed by atoms with Crippen molar-refractivity contribution in [2.24, 2.45) is 0 Å². The second-order valence-corrected chi connectivity index (χ2v) is 6.81. The number of nitrogens with one attached hydrogen (secondary N) is 2. The smallest absolute Gasteiger partial charge is 0.255 e. The van der Waals surface area contributed by atoms with Crippen molar-refractivity contribution in [2.45, 2.75) is 6.92 Å². The van der Waals surface area contributed by atoms with E-state index in [4.69, 9.17) is 9.47 Å². The van der Waals surface area contributed by atoms with Gasteiger partial charge in [0.1, 0.15) is 5.82 Å². The molecule has 0 aliphatic rings. The molecule has 1 amide bonds. The molecule has 0 unspecified atom stereocenters. The third-order valence-corrected chi connectivity index (χ3v) is 4.34. The van der Waals surface area contributed by atoms with Crippen LogP contribution >= 0.6 is 0 Å². The van der Waals surface area contributed by atoms with Crippen LogP contribution in [0.1, 0.15) is 16.1 Å². The van der Waals surface area contributed by atoms with E-state index in [0.29, 0.717) is 28.7 Å². The molecule has 156 valence electrons. The van der Waals surface area contributed by atoms with Gasteiger partial charge in [-0.3, -0.25) is 4.79 Å². The van der Waals surface area contributed by atoms with Crippen LogP contribution in [0.2, 0.25) is 0 Å². The summed E-state index contributed by atoms with van der Waals surface area (Å²) in [7, 11) is 6.95. The zero-order valence-corrected chi connectivity index (χ0v) is 17.7. The van der Waals surface area contributed by atoms with E-state index in [1.807, 2.05) is 56.3 Å². The van der Waals surface area contributed by atoms with Gasteiger partial charge in [0.15, 0.2) is 11.5 Å². The van der Waals surface area contributed by atoms with Gasteiger partial charge in [0, 0.05) is 42.8 Å². The number of carbonyl (C=O) groups excluding carboxylic acids is 1. The van der Waals surface area contributed by atoms with E-state index in [9.17, 15) is 4.79 Å². The van der Waals surface area contributed by atoms with E-state index in [-0.39, 0.29) is 5.91 Å². The Labute approximate surface area is 175 Å². The number of amides is 1. The molecule has 0 aliphatic heterocycles. The van der Waals surface area contributed by atoms with Crippen LogP contribution < -0.4 is 25.0 Å². The zero-order chi connectivity index (χ0) is 21.7. The average Bonchev–Trinajstić information content (AvgIpc) is 2.74. The molecule has 1 aromatic heterocycles. The third kappa shape index (κ3) is 4.96. The monoisotopic (exact) mass is 407 g/mol. The number of methoxy groups -OCH3 is 2.